The molecule has 1 aliphatic rings. The van der Waals surface area contributed by atoms with Gasteiger partial charge in [-0.25, -0.2) is 0 Å². The molecule has 0 aromatic carbocycles. The van der Waals surface area contributed by atoms with E-state index < -0.39 is 0 Å². The first-order chi connectivity index (χ1) is 9.65. The van der Waals surface area contributed by atoms with Crippen molar-refractivity contribution in [3.05, 3.63) is 29.4 Å². The van der Waals surface area contributed by atoms with Crippen molar-refractivity contribution in [1.82, 2.24) is 25.1 Å². The molecule has 1 saturated heterocycles. The molecule has 0 bridgehead atoms. The van der Waals surface area contributed by atoms with E-state index in [9.17, 15) is 0 Å². The predicted octanol–water partition coefficient (Wildman–Crippen LogP) is 0.726. The number of nitrogens with zero attached hydrogens (tertiary/aromatic N) is 5. The van der Waals surface area contributed by atoms with E-state index >= 15 is 0 Å². The van der Waals surface area contributed by atoms with Crippen molar-refractivity contribution in [3.63, 3.8) is 0 Å². The molecule has 2 atom stereocenters. The van der Waals surface area contributed by atoms with E-state index in [2.05, 4.69) is 20.4 Å². The second kappa shape index (κ2) is 5.34. The Labute approximate surface area is 117 Å². The summed E-state index contributed by atoms with van der Waals surface area (Å²) < 4.78 is 12.6. The number of aromatic nitrogens is 4. The van der Waals surface area contributed by atoms with Crippen LogP contribution >= 0.6 is 0 Å². The molecule has 2 aromatic rings. The van der Waals surface area contributed by atoms with E-state index in [-0.39, 0.29) is 12.0 Å². The smallest absolute Gasteiger partial charge is 0.150 e. The molecule has 108 valence electrons. The van der Waals surface area contributed by atoms with E-state index in [1.54, 1.807) is 11.8 Å². The number of likely N-dealkylation sites (tertiary alicyclic amines) is 1. The average Bonchev–Trinajstić information content (AvgIpc) is 3.10. The van der Waals surface area contributed by atoms with Gasteiger partial charge in [-0.15, -0.1) is 5.10 Å². The molecular formula is C13H19N5O2. The molecule has 3 rings (SSSR count). The maximum Gasteiger partial charge on any atom is 0.150 e. The minimum absolute atomic E-state index is 0.135. The third kappa shape index (κ3) is 2.59. The van der Waals surface area contributed by atoms with E-state index in [4.69, 9.17) is 9.26 Å². The van der Waals surface area contributed by atoms with Crippen LogP contribution < -0.4 is 0 Å². The molecule has 1 aliphatic heterocycles. The highest BCUT2D eigenvalue weighted by atomic mass is 16.5. The van der Waals surface area contributed by atoms with Gasteiger partial charge in [0.2, 0.25) is 0 Å². The predicted molar refractivity (Wildman–Crippen MR) is 71.1 cm³/mol. The highest BCUT2D eigenvalue weighted by Gasteiger charge is 2.36. The summed E-state index contributed by atoms with van der Waals surface area (Å²) in [7, 11) is 3.62. The fourth-order valence-corrected chi connectivity index (χ4v) is 2.75. The average molecular weight is 277 g/mol. The Hall–Kier alpha value is -1.73. The zero-order chi connectivity index (χ0) is 14.1. The molecule has 0 unspecified atom stereocenters. The first-order valence-corrected chi connectivity index (χ1v) is 6.69. The fourth-order valence-electron chi connectivity index (χ4n) is 2.75. The molecule has 3 heterocycles. The first-order valence-electron chi connectivity index (χ1n) is 6.69. The standard InChI is InChI=1S/C13H19N5O2/c1-9-4-10(20-15-9)5-18-6-11(13(8-18)19-3)12-7-17(2)16-14-12/h4,7,11,13H,5-6,8H2,1-3H3/t11-,13+/m0/s1. The van der Waals surface area contributed by atoms with Gasteiger partial charge in [0.25, 0.3) is 0 Å². The van der Waals surface area contributed by atoms with Crippen molar-refractivity contribution in [2.75, 3.05) is 20.2 Å². The number of rotatable bonds is 4. The van der Waals surface area contributed by atoms with E-state index in [0.717, 1.165) is 36.8 Å². The van der Waals surface area contributed by atoms with Gasteiger partial charge in [-0.3, -0.25) is 9.58 Å². The summed E-state index contributed by atoms with van der Waals surface area (Å²) in [5.41, 5.74) is 1.89. The lowest BCUT2D eigenvalue weighted by Crippen LogP contribution is -2.22. The first kappa shape index (κ1) is 13.3. The zero-order valence-corrected chi connectivity index (χ0v) is 12.0. The molecule has 0 amide bonds. The second-order valence-corrected chi connectivity index (χ2v) is 5.33. The van der Waals surface area contributed by atoms with E-state index in [0.29, 0.717) is 0 Å². The van der Waals surface area contributed by atoms with Crippen LogP contribution in [0.3, 0.4) is 0 Å². The number of methoxy groups -OCH3 is 1. The third-order valence-electron chi connectivity index (χ3n) is 3.70. The minimum Gasteiger partial charge on any atom is -0.379 e. The molecule has 2 aromatic heterocycles. The molecule has 1 fully saturated rings. The summed E-state index contributed by atoms with van der Waals surface area (Å²) in [6, 6.07) is 1.97. The SMILES string of the molecule is CO[C@@H]1CN(Cc2cc(C)no2)C[C@H]1c1cn(C)nn1. The van der Waals surface area contributed by atoms with Crippen molar-refractivity contribution < 1.29 is 9.26 Å². The Bertz CT molecular complexity index is 579. The highest BCUT2D eigenvalue weighted by molar-refractivity contribution is 5.11. The van der Waals surface area contributed by atoms with Crippen LogP contribution in [0.2, 0.25) is 0 Å². The van der Waals surface area contributed by atoms with Gasteiger partial charge in [0.05, 0.1) is 24.0 Å². The van der Waals surface area contributed by atoms with Gasteiger partial charge >= 0.3 is 0 Å². The Morgan fingerprint density at radius 2 is 2.30 bits per heavy atom. The van der Waals surface area contributed by atoms with Gasteiger partial charge in [-0.2, -0.15) is 0 Å². The van der Waals surface area contributed by atoms with Gasteiger partial charge in [0.15, 0.2) is 5.76 Å². The van der Waals surface area contributed by atoms with E-state index in [1.165, 1.54) is 0 Å². The lowest BCUT2D eigenvalue weighted by molar-refractivity contribution is 0.0948. The van der Waals surface area contributed by atoms with Gasteiger partial charge in [0, 0.05) is 45.4 Å². The summed E-state index contributed by atoms with van der Waals surface area (Å²) in [6.45, 7) is 4.42. The minimum atomic E-state index is 0.135. The Morgan fingerprint density at radius 3 is 2.90 bits per heavy atom. The van der Waals surface area contributed by atoms with Crippen molar-refractivity contribution in [2.24, 2.45) is 7.05 Å². The van der Waals surface area contributed by atoms with Crippen LogP contribution in [0.5, 0.6) is 0 Å². The van der Waals surface area contributed by atoms with E-state index in [1.807, 2.05) is 26.2 Å². The Kier molecular flexibility index (Phi) is 3.54. The monoisotopic (exact) mass is 277 g/mol. The van der Waals surface area contributed by atoms with Crippen molar-refractivity contribution in [3.8, 4) is 0 Å². The van der Waals surface area contributed by atoms with Crippen LogP contribution in [0.4, 0.5) is 0 Å². The summed E-state index contributed by atoms with van der Waals surface area (Å²) in [5, 5.41) is 12.1. The van der Waals surface area contributed by atoms with Crippen LogP contribution in [0.25, 0.3) is 0 Å². The molecule has 0 spiro atoms. The molecule has 7 heteroatoms. The lowest BCUT2D eigenvalue weighted by atomic mass is 10.0. The maximum absolute atomic E-state index is 5.60. The number of ether oxygens (including phenoxy) is 1. The number of hydrogen-bond acceptors (Lipinski definition) is 6. The number of aryl methyl sites for hydroxylation is 2. The van der Waals surface area contributed by atoms with Crippen LogP contribution in [-0.2, 0) is 18.3 Å². The van der Waals surface area contributed by atoms with Gasteiger partial charge in [0.1, 0.15) is 0 Å². The lowest BCUT2D eigenvalue weighted by Gasteiger charge is -2.13. The summed E-state index contributed by atoms with van der Waals surface area (Å²) >= 11 is 0. The topological polar surface area (TPSA) is 69.2 Å². The third-order valence-corrected chi connectivity index (χ3v) is 3.70. The van der Waals surface area contributed by atoms with Crippen molar-refractivity contribution >= 4 is 0 Å². The fraction of sp³-hybridized carbons (Fsp3) is 0.615. The summed E-state index contributed by atoms with van der Waals surface area (Å²) in [5.74, 6) is 1.13. The molecule has 0 aliphatic carbocycles. The second-order valence-electron chi connectivity index (χ2n) is 5.33. The highest BCUT2D eigenvalue weighted by Crippen LogP contribution is 2.29. The zero-order valence-electron chi connectivity index (χ0n) is 12.0. The molecule has 7 nitrogen and oxygen atoms in total. The van der Waals surface area contributed by atoms with Gasteiger partial charge in [-0.05, 0) is 6.92 Å². The van der Waals surface area contributed by atoms with Crippen LogP contribution in [0.15, 0.2) is 16.8 Å². The van der Waals surface area contributed by atoms with Gasteiger partial charge in [-0.1, -0.05) is 10.4 Å². The van der Waals surface area contributed by atoms with Crippen LogP contribution in [0, 0.1) is 6.92 Å². The normalized spacial score (nSPS) is 23.6. The molecule has 0 saturated carbocycles. The maximum atomic E-state index is 5.60. The van der Waals surface area contributed by atoms with Crippen molar-refractivity contribution in [2.45, 2.75) is 25.5 Å². The van der Waals surface area contributed by atoms with Crippen LogP contribution in [-0.4, -0.2) is 51.4 Å². The summed E-state index contributed by atoms with van der Waals surface area (Å²) in [6.07, 6.45) is 2.09. The van der Waals surface area contributed by atoms with Crippen molar-refractivity contribution in [1.29, 1.82) is 0 Å². The van der Waals surface area contributed by atoms with Crippen LogP contribution in [0.1, 0.15) is 23.1 Å². The quantitative estimate of drug-likeness (QED) is 0.820. The molecule has 0 N–H and O–H groups in total. The Balaban J connectivity index is 1.71. The Morgan fingerprint density at radius 1 is 1.45 bits per heavy atom. The number of hydrogen-bond donors (Lipinski definition) is 0. The molecule has 0 radical (unpaired) electrons. The van der Waals surface area contributed by atoms with Gasteiger partial charge < -0.3 is 9.26 Å². The largest absolute Gasteiger partial charge is 0.379 e. The molecular weight excluding hydrogens is 258 g/mol. The molecule has 20 heavy (non-hydrogen) atoms. The summed E-state index contributed by atoms with van der Waals surface area (Å²) in [4.78, 5) is 2.30.